The van der Waals surface area contributed by atoms with Gasteiger partial charge in [-0.25, -0.2) is 0 Å². The lowest BCUT2D eigenvalue weighted by Gasteiger charge is -2.29. The minimum absolute atomic E-state index is 0.464. The summed E-state index contributed by atoms with van der Waals surface area (Å²) in [5.41, 5.74) is 0. The Balaban J connectivity index is 2.37. The molecule has 0 radical (unpaired) electrons. The van der Waals surface area contributed by atoms with Gasteiger partial charge in [0.15, 0.2) is 0 Å². The van der Waals surface area contributed by atoms with E-state index in [1.165, 1.54) is 32.1 Å². The van der Waals surface area contributed by atoms with Crippen molar-refractivity contribution in [2.45, 2.75) is 45.1 Å². The van der Waals surface area contributed by atoms with Crippen molar-refractivity contribution < 1.29 is 4.74 Å². The summed E-state index contributed by atoms with van der Waals surface area (Å²) in [4.78, 5) is 0. The first kappa shape index (κ1) is 8.63. The van der Waals surface area contributed by atoms with E-state index in [2.05, 4.69) is 13.5 Å². The molecule has 0 spiro atoms. The first-order valence-electron chi connectivity index (χ1n) is 4.64. The summed E-state index contributed by atoms with van der Waals surface area (Å²) >= 11 is 0. The van der Waals surface area contributed by atoms with Crippen LogP contribution in [0.4, 0.5) is 0 Å². The average molecular weight is 154 g/mol. The van der Waals surface area contributed by atoms with Crippen molar-refractivity contribution in [3.63, 3.8) is 0 Å². The second kappa shape index (κ2) is 4.42. The Bertz CT molecular complexity index is 120. The van der Waals surface area contributed by atoms with Gasteiger partial charge >= 0.3 is 0 Å². The van der Waals surface area contributed by atoms with E-state index >= 15 is 0 Å². The Labute approximate surface area is 69.4 Å². The molecule has 1 nitrogen and oxygen atoms in total. The van der Waals surface area contributed by atoms with Gasteiger partial charge in [-0.05, 0) is 31.6 Å². The molecule has 1 heteroatoms. The summed E-state index contributed by atoms with van der Waals surface area (Å²) < 4.78 is 5.45. The number of rotatable bonds is 3. The Morgan fingerprint density at radius 3 is 2.82 bits per heavy atom. The van der Waals surface area contributed by atoms with Gasteiger partial charge in [0.05, 0.1) is 6.26 Å². The highest BCUT2D eigenvalue weighted by Crippen LogP contribution is 2.28. The second-order valence-corrected chi connectivity index (χ2v) is 3.29. The van der Waals surface area contributed by atoms with Crippen molar-refractivity contribution in [2.75, 3.05) is 0 Å². The van der Waals surface area contributed by atoms with E-state index in [9.17, 15) is 0 Å². The van der Waals surface area contributed by atoms with E-state index in [1.807, 2.05) is 0 Å². The average Bonchev–Trinajstić information content (AvgIpc) is 2.06. The normalized spacial score (nSPS) is 31.4. The molecule has 0 aromatic heterocycles. The lowest BCUT2D eigenvalue weighted by atomic mass is 9.85. The molecule has 0 heterocycles. The second-order valence-electron chi connectivity index (χ2n) is 3.29. The van der Waals surface area contributed by atoms with Crippen molar-refractivity contribution >= 4 is 0 Å². The van der Waals surface area contributed by atoms with Crippen LogP contribution in [0.3, 0.4) is 0 Å². The third kappa shape index (κ3) is 2.25. The molecule has 1 saturated carbocycles. The minimum atomic E-state index is 0.464. The minimum Gasteiger partial charge on any atom is -0.498 e. The van der Waals surface area contributed by atoms with E-state index in [4.69, 9.17) is 4.74 Å². The van der Waals surface area contributed by atoms with Crippen LogP contribution in [-0.2, 0) is 4.74 Å². The largest absolute Gasteiger partial charge is 0.498 e. The van der Waals surface area contributed by atoms with Crippen LogP contribution >= 0.6 is 0 Å². The monoisotopic (exact) mass is 154 g/mol. The lowest BCUT2D eigenvalue weighted by molar-refractivity contribution is 0.0513. The Hall–Kier alpha value is -0.460. The third-order valence-corrected chi connectivity index (χ3v) is 2.63. The summed E-state index contributed by atoms with van der Waals surface area (Å²) in [7, 11) is 0. The van der Waals surface area contributed by atoms with Crippen LogP contribution < -0.4 is 0 Å². The molecule has 0 aromatic rings. The summed E-state index contributed by atoms with van der Waals surface area (Å²) in [5, 5.41) is 0. The fraction of sp³-hybridized carbons (Fsp3) is 0.800. The highest BCUT2D eigenvalue weighted by atomic mass is 16.5. The lowest BCUT2D eigenvalue weighted by Crippen LogP contribution is -2.25. The zero-order chi connectivity index (χ0) is 8.10. The Morgan fingerprint density at radius 2 is 2.18 bits per heavy atom. The molecule has 0 N–H and O–H groups in total. The van der Waals surface area contributed by atoms with Gasteiger partial charge in [0.25, 0.3) is 0 Å². The van der Waals surface area contributed by atoms with Crippen LogP contribution in [0, 0.1) is 5.92 Å². The van der Waals surface area contributed by atoms with Crippen LogP contribution in [0.5, 0.6) is 0 Å². The van der Waals surface area contributed by atoms with E-state index in [1.54, 1.807) is 6.26 Å². The highest BCUT2D eigenvalue weighted by Gasteiger charge is 2.23. The molecule has 0 aliphatic heterocycles. The molecule has 1 rings (SSSR count). The van der Waals surface area contributed by atoms with Crippen molar-refractivity contribution in [3.8, 4) is 0 Å². The van der Waals surface area contributed by atoms with Crippen molar-refractivity contribution in [1.82, 2.24) is 0 Å². The van der Waals surface area contributed by atoms with Gasteiger partial charge in [-0.2, -0.15) is 0 Å². The molecule has 0 aromatic carbocycles. The first-order chi connectivity index (χ1) is 5.38. The highest BCUT2D eigenvalue weighted by molar-refractivity contribution is 4.76. The molecule has 1 fully saturated rings. The molecule has 1 aliphatic rings. The van der Waals surface area contributed by atoms with Gasteiger partial charge < -0.3 is 4.74 Å². The van der Waals surface area contributed by atoms with Gasteiger partial charge in [-0.1, -0.05) is 19.9 Å². The fourth-order valence-corrected chi connectivity index (χ4v) is 1.94. The predicted octanol–water partition coefficient (Wildman–Crippen LogP) is 3.12. The van der Waals surface area contributed by atoms with Crippen molar-refractivity contribution in [1.29, 1.82) is 0 Å². The maximum atomic E-state index is 5.45. The van der Waals surface area contributed by atoms with Crippen molar-refractivity contribution in [3.05, 3.63) is 12.8 Å². The maximum absolute atomic E-state index is 5.45. The molecule has 64 valence electrons. The summed E-state index contributed by atoms with van der Waals surface area (Å²) in [6.45, 7) is 5.85. The SMILES string of the molecule is C=COC1CCCCC1CC. The van der Waals surface area contributed by atoms with Crippen LogP contribution in [0.2, 0.25) is 0 Å². The predicted molar refractivity (Wildman–Crippen MR) is 47.3 cm³/mol. The van der Waals surface area contributed by atoms with Crippen LogP contribution in [-0.4, -0.2) is 6.10 Å². The Kier molecular flexibility index (Phi) is 3.47. The van der Waals surface area contributed by atoms with E-state index in [0.29, 0.717) is 6.10 Å². The van der Waals surface area contributed by atoms with Gasteiger partial charge in [0, 0.05) is 0 Å². The zero-order valence-corrected chi connectivity index (χ0v) is 7.38. The summed E-state index contributed by atoms with van der Waals surface area (Å²) in [6.07, 6.45) is 8.59. The molecule has 2 atom stereocenters. The van der Waals surface area contributed by atoms with Gasteiger partial charge in [0.2, 0.25) is 0 Å². The molecular weight excluding hydrogens is 136 g/mol. The van der Waals surface area contributed by atoms with Crippen LogP contribution in [0.1, 0.15) is 39.0 Å². The molecule has 0 saturated heterocycles. The molecule has 0 bridgehead atoms. The van der Waals surface area contributed by atoms with Gasteiger partial charge in [-0.3, -0.25) is 0 Å². The molecule has 11 heavy (non-hydrogen) atoms. The van der Waals surface area contributed by atoms with Crippen molar-refractivity contribution in [2.24, 2.45) is 5.92 Å². The van der Waals surface area contributed by atoms with E-state index in [-0.39, 0.29) is 0 Å². The third-order valence-electron chi connectivity index (χ3n) is 2.63. The molecule has 1 aliphatic carbocycles. The first-order valence-corrected chi connectivity index (χ1v) is 4.64. The maximum Gasteiger partial charge on any atom is 0.101 e. The summed E-state index contributed by atoms with van der Waals surface area (Å²) in [5.74, 6) is 0.779. The standard InChI is InChI=1S/C10H18O/c1-3-9-7-5-6-8-10(9)11-4-2/h4,9-10H,2-3,5-8H2,1H3. The summed E-state index contributed by atoms with van der Waals surface area (Å²) in [6, 6.07) is 0. The van der Waals surface area contributed by atoms with Crippen LogP contribution in [0.15, 0.2) is 12.8 Å². The molecule has 2 unspecified atom stereocenters. The van der Waals surface area contributed by atoms with Crippen LogP contribution in [0.25, 0.3) is 0 Å². The fourth-order valence-electron chi connectivity index (χ4n) is 1.94. The number of ether oxygens (including phenoxy) is 1. The zero-order valence-electron chi connectivity index (χ0n) is 7.38. The number of hydrogen-bond donors (Lipinski definition) is 0. The van der Waals surface area contributed by atoms with E-state index in [0.717, 1.165) is 5.92 Å². The van der Waals surface area contributed by atoms with E-state index < -0.39 is 0 Å². The topological polar surface area (TPSA) is 9.23 Å². The van der Waals surface area contributed by atoms with Gasteiger partial charge in [0.1, 0.15) is 6.10 Å². The Morgan fingerprint density at radius 1 is 1.45 bits per heavy atom. The quantitative estimate of drug-likeness (QED) is 0.567. The van der Waals surface area contributed by atoms with Gasteiger partial charge in [-0.15, -0.1) is 0 Å². The molecule has 0 amide bonds. The number of hydrogen-bond acceptors (Lipinski definition) is 1. The smallest absolute Gasteiger partial charge is 0.101 e. The molecular formula is C10H18O.